The fraction of sp³-hybridized carbons (Fsp3) is 0.800. The van der Waals surface area contributed by atoms with Gasteiger partial charge in [-0.3, -0.25) is 0 Å². The number of aliphatic hydroxyl groups excluding tert-OH is 1. The molecule has 0 aromatic heterocycles. The van der Waals surface area contributed by atoms with Crippen LogP contribution in [0, 0.1) is 11.3 Å². The zero-order valence-electron chi connectivity index (χ0n) is 4.52. The summed E-state index contributed by atoms with van der Waals surface area (Å²) in [7, 11) is 0. The van der Waals surface area contributed by atoms with Gasteiger partial charge in [0.2, 0.25) is 0 Å². The molecular weight excluding hydrogens is 90.1 g/mol. The molecule has 2 N–H and O–H groups in total. The maximum atomic E-state index is 8.36. The second-order valence-electron chi connectivity index (χ2n) is 1.73. The predicted molar refractivity (Wildman–Crippen MR) is 29.7 cm³/mol. The van der Waals surface area contributed by atoms with E-state index in [1.165, 1.54) is 6.21 Å². The van der Waals surface area contributed by atoms with Crippen LogP contribution in [0.1, 0.15) is 13.3 Å². The molecule has 0 amide bonds. The topological polar surface area (TPSA) is 44.1 Å². The highest BCUT2D eigenvalue weighted by atomic mass is 16.3. The molecule has 0 aliphatic rings. The molecule has 1 atom stereocenters. The lowest BCUT2D eigenvalue weighted by atomic mass is 10.1. The van der Waals surface area contributed by atoms with Gasteiger partial charge in [-0.15, -0.1) is 0 Å². The van der Waals surface area contributed by atoms with Gasteiger partial charge in [0.15, 0.2) is 0 Å². The van der Waals surface area contributed by atoms with E-state index in [-0.39, 0.29) is 12.5 Å². The maximum absolute atomic E-state index is 8.36. The first-order chi connectivity index (χ1) is 3.31. The summed E-state index contributed by atoms with van der Waals surface area (Å²) in [6, 6.07) is 0. The molecule has 2 nitrogen and oxygen atoms in total. The lowest BCUT2D eigenvalue weighted by Gasteiger charge is -1.98. The van der Waals surface area contributed by atoms with Crippen LogP contribution in [0.25, 0.3) is 0 Å². The number of nitrogens with one attached hydrogen (secondary N) is 1. The highest BCUT2D eigenvalue weighted by Gasteiger charge is 1.92. The zero-order valence-corrected chi connectivity index (χ0v) is 4.52. The van der Waals surface area contributed by atoms with Gasteiger partial charge < -0.3 is 10.5 Å². The van der Waals surface area contributed by atoms with Crippen molar-refractivity contribution >= 4 is 6.21 Å². The second-order valence-corrected chi connectivity index (χ2v) is 1.73. The van der Waals surface area contributed by atoms with Crippen molar-refractivity contribution in [3.63, 3.8) is 0 Å². The van der Waals surface area contributed by atoms with Gasteiger partial charge in [0.05, 0.1) is 0 Å². The molecule has 0 rings (SSSR count). The molecule has 7 heavy (non-hydrogen) atoms. The van der Waals surface area contributed by atoms with Gasteiger partial charge in [-0.05, 0) is 18.6 Å². The molecule has 0 aromatic rings. The summed E-state index contributed by atoms with van der Waals surface area (Å²) in [6.07, 6.45) is 2.01. The van der Waals surface area contributed by atoms with Crippen LogP contribution in [0.4, 0.5) is 0 Å². The van der Waals surface area contributed by atoms with Crippen molar-refractivity contribution in [2.24, 2.45) is 5.92 Å². The molecule has 42 valence electrons. The number of rotatable bonds is 3. The van der Waals surface area contributed by atoms with Crippen molar-refractivity contribution < 1.29 is 5.11 Å². The monoisotopic (exact) mass is 101 g/mol. The fourth-order valence-corrected chi connectivity index (χ4v) is 0.276. The van der Waals surface area contributed by atoms with Gasteiger partial charge in [0, 0.05) is 6.61 Å². The summed E-state index contributed by atoms with van der Waals surface area (Å²) in [4.78, 5) is 0. The zero-order chi connectivity index (χ0) is 5.70. The average molecular weight is 101 g/mol. The quantitative estimate of drug-likeness (QED) is 0.504. The first kappa shape index (κ1) is 6.63. The molecule has 0 saturated carbocycles. The molecule has 0 heterocycles. The predicted octanol–water partition coefficient (Wildman–Crippen LogP) is 0.654. The second kappa shape index (κ2) is 3.81. The minimum atomic E-state index is 0.190. The Labute approximate surface area is 43.7 Å². The maximum Gasteiger partial charge on any atom is 0.0460 e. The Bertz CT molecular complexity index is 54.0. The largest absolute Gasteiger partial charge is 0.396 e. The minimum Gasteiger partial charge on any atom is -0.396 e. The van der Waals surface area contributed by atoms with E-state index in [1.807, 2.05) is 6.92 Å². The Morgan fingerprint density at radius 1 is 1.86 bits per heavy atom. The fourth-order valence-electron chi connectivity index (χ4n) is 0.276. The van der Waals surface area contributed by atoms with Gasteiger partial charge in [0.1, 0.15) is 0 Å². The van der Waals surface area contributed by atoms with Crippen LogP contribution in [0.2, 0.25) is 0 Å². The van der Waals surface area contributed by atoms with Crippen molar-refractivity contribution in [1.29, 1.82) is 5.41 Å². The number of hydrogen-bond donors (Lipinski definition) is 2. The summed E-state index contributed by atoms with van der Waals surface area (Å²) in [5.41, 5.74) is 0. The Morgan fingerprint density at radius 2 is 2.43 bits per heavy atom. The molecule has 0 aromatic carbocycles. The van der Waals surface area contributed by atoms with E-state index in [2.05, 4.69) is 0 Å². The molecule has 0 saturated heterocycles. The standard InChI is InChI=1S/C5H11NO/c1-5(4-7)2-3-6/h3,5-7H,2,4H2,1H3. The normalized spacial score (nSPS) is 13.4. The molecule has 2 heteroatoms. The van der Waals surface area contributed by atoms with E-state index in [4.69, 9.17) is 10.5 Å². The van der Waals surface area contributed by atoms with Crippen LogP contribution in [-0.4, -0.2) is 17.9 Å². The highest BCUT2D eigenvalue weighted by Crippen LogP contribution is 1.94. The smallest absolute Gasteiger partial charge is 0.0460 e. The SMILES string of the molecule is CC(CO)CC=N. The Morgan fingerprint density at radius 3 is 2.57 bits per heavy atom. The lowest BCUT2D eigenvalue weighted by molar-refractivity contribution is 0.242. The number of hydrogen-bond acceptors (Lipinski definition) is 2. The van der Waals surface area contributed by atoms with Crippen LogP contribution in [0.5, 0.6) is 0 Å². The Balaban J connectivity index is 2.98. The summed E-state index contributed by atoms with van der Waals surface area (Å²) in [5.74, 6) is 0.262. The Hall–Kier alpha value is -0.370. The molecule has 0 fully saturated rings. The van der Waals surface area contributed by atoms with Gasteiger partial charge in [0.25, 0.3) is 0 Å². The van der Waals surface area contributed by atoms with E-state index in [0.29, 0.717) is 6.42 Å². The van der Waals surface area contributed by atoms with E-state index in [1.54, 1.807) is 0 Å². The third-order valence-electron chi connectivity index (χ3n) is 0.832. The number of aliphatic hydroxyl groups is 1. The first-order valence-electron chi connectivity index (χ1n) is 2.41. The molecule has 0 radical (unpaired) electrons. The van der Waals surface area contributed by atoms with Crippen molar-refractivity contribution in [3.8, 4) is 0 Å². The molecule has 1 unspecified atom stereocenters. The third-order valence-corrected chi connectivity index (χ3v) is 0.832. The lowest BCUT2D eigenvalue weighted by Crippen LogP contribution is -1.99. The molecule has 0 aliphatic heterocycles. The van der Waals surface area contributed by atoms with Gasteiger partial charge in [-0.25, -0.2) is 0 Å². The minimum absolute atomic E-state index is 0.190. The van der Waals surface area contributed by atoms with Crippen LogP contribution in [0.3, 0.4) is 0 Å². The van der Waals surface area contributed by atoms with Gasteiger partial charge >= 0.3 is 0 Å². The van der Waals surface area contributed by atoms with Gasteiger partial charge in [-0.1, -0.05) is 6.92 Å². The molecule has 0 bridgehead atoms. The van der Waals surface area contributed by atoms with E-state index < -0.39 is 0 Å². The summed E-state index contributed by atoms with van der Waals surface area (Å²) < 4.78 is 0. The average Bonchev–Trinajstić information content (AvgIpc) is 1.68. The molecular formula is C5H11NO. The van der Waals surface area contributed by atoms with Crippen LogP contribution < -0.4 is 0 Å². The van der Waals surface area contributed by atoms with Crippen molar-refractivity contribution in [3.05, 3.63) is 0 Å². The molecule has 0 aliphatic carbocycles. The first-order valence-corrected chi connectivity index (χ1v) is 2.41. The van der Waals surface area contributed by atoms with Crippen LogP contribution in [-0.2, 0) is 0 Å². The third kappa shape index (κ3) is 3.46. The van der Waals surface area contributed by atoms with Crippen molar-refractivity contribution in [1.82, 2.24) is 0 Å². The molecule has 0 spiro atoms. The van der Waals surface area contributed by atoms with E-state index in [9.17, 15) is 0 Å². The van der Waals surface area contributed by atoms with Crippen molar-refractivity contribution in [2.45, 2.75) is 13.3 Å². The van der Waals surface area contributed by atoms with E-state index in [0.717, 1.165) is 0 Å². The van der Waals surface area contributed by atoms with Gasteiger partial charge in [-0.2, -0.15) is 0 Å². The van der Waals surface area contributed by atoms with Crippen LogP contribution in [0.15, 0.2) is 0 Å². The summed E-state index contributed by atoms with van der Waals surface area (Å²) in [6.45, 7) is 2.10. The van der Waals surface area contributed by atoms with Crippen molar-refractivity contribution in [2.75, 3.05) is 6.61 Å². The summed E-state index contributed by atoms with van der Waals surface area (Å²) >= 11 is 0. The highest BCUT2D eigenvalue weighted by molar-refractivity contribution is 5.53. The summed E-state index contributed by atoms with van der Waals surface area (Å²) in [5, 5.41) is 15.0. The Kier molecular flexibility index (Phi) is 3.61. The van der Waals surface area contributed by atoms with E-state index >= 15 is 0 Å². The van der Waals surface area contributed by atoms with Crippen LogP contribution >= 0.6 is 0 Å².